The summed E-state index contributed by atoms with van der Waals surface area (Å²) in [6, 6.07) is 50.6. The van der Waals surface area contributed by atoms with Crippen LogP contribution in [0.2, 0.25) is 0 Å². The predicted octanol–water partition coefficient (Wildman–Crippen LogP) is 8.63. The van der Waals surface area contributed by atoms with Crippen molar-refractivity contribution in [2.45, 2.75) is 77.2 Å². The van der Waals surface area contributed by atoms with Crippen molar-refractivity contribution in [1.29, 1.82) is 0 Å². The molecule has 6 rings (SSSR count). The van der Waals surface area contributed by atoms with E-state index < -0.39 is 8.07 Å². The standard InChI is InChI=1S/C47H54BN2O2Si/c1-3-5-7-18-36-51-41-26-30-44(31-27-41)53(43-24-16-11-17-25-43,45-32-28-42(29-33-45)52-37-19-8-6-4-2)38-50-35-34-49-47(50)48-46(39-20-12-9-13-21-39)40-22-14-10-15-23-40/h9-17,20-35,46H,3-8,18-19,36-38H2,1-2H3. The van der Waals surface area contributed by atoms with Crippen molar-refractivity contribution in [2.24, 2.45) is 0 Å². The van der Waals surface area contributed by atoms with Gasteiger partial charge in [-0.3, -0.25) is 4.98 Å². The zero-order valence-corrected chi connectivity index (χ0v) is 32.6. The number of unbranched alkanes of at least 4 members (excludes halogenated alkanes) is 6. The summed E-state index contributed by atoms with van der Waals surface area (Å²) >= 11 is 0. The van der Waals surface area contributed by atoms with Crippen LogP contribution >= 0.6 is 0 Å². The molecule has 6 aromatic rings. The molecule has 6 heteroatoms. The number of ether oxygens (including phenoxy) is 2. The first kappa shape index (κ1) is 37.9. The van der Waals surface area contributed by atoms with Gasteiger partial charge >= 0.3 is 0 Å². The van der Waals surface area contributed by atoms with Crippen LogP contribution in [0.15, 0.2) is 152 Å². The zero-order valence-electron chi connectivity index (χ0n) is 31.6. The molecular weight excluding hydrogens is 663 g/mol. The number of nitrogens with zero attached hydrogens (tertiary/aromatic N) is 2. The van der Waals surface area contributed by atoms with Crippen molar-refractivity contribution in [1.82, 2.24) is 9.55 Å². The summed E-state index contributed by atoms with van der Waals surface area (Å²) in [5.74, 6) is 1.92. The third-order valence-corrected chi connectivity index (χ3v) is 15.1. The summed E-state index contributed by atoms with van der Waals surface area (Å²) in [6.45, 7) is 5.98. The Morgan fingerprint density at radius 2 is 1.00 bits per heavy atom. The van der Waals surface area contributed by atoms with E-state index in [0.717, 1.165) is 49.4 Å². The SMILES string of the molecule is CCCCCCOc1ccc([Si](Cn2ccnc2[B]C(c2ccccc2)c2ccccc2)(c2ccccc2)c2ccc(OCCCCCC)cc2)cc1. The molecule has 0 fully saturated rings. The second-order valence-corrected chi connectivity index (χ2v) is 17.9. The molecule has 0 atom stereocenters. The van der Waals surface area contributed by atoms with Gasteiger partial charge in [0.1, 0.15) is 11.5 Å². The van der Waals surface area contributed by atoms with Gasteiger partial charge in [0.25, 0.3) is 0 Å². The predicted molar refractivity (Wildman–Crippen MR) is 226 cm³/mol. The monoisotopic (exact) mass is 717 g/mol. The molecule has 0 spiro atoms. The lowest BCUT2D eigenvalue weighted by molar-refractivity contribution is 0.305. The topological polar surface area (TPSA) is 36.3 Å². The highest BCUT2D eigenvalue weighted by atomic mass is 28.3. The maximum atomic E-state index is 6.24. The highest BCUT2D eigenvalue weighted by Gasteiger charge is 2.40. The molecule has 1 aromatic heterocycles. The normalized spacial score (nSPS) is 11.5. The number of benzene rings is 5. The first-order chi connectivity index (χ1) is 26.2. The lowest BCUT2D eigenvalue weighted by atomic mass is 9.58. The molecule has 4 nitrogen and oxygen atoms in total. The molecule has 0 aliphatic rings. The highest BCUT2D eigenvalue weighted by Crippen LogP contribution is 2.24. The molecule has 0 amide bonds. The van der Waals surface area contributed by atoms with Gasteiger partial charge in [0.2, 0.25) is 7.28 Å². The number of hydrogen-bond donors (Lipinski definition) is 0. The minimum Gasteiger partial charge on any atom is -0.494 e. The second-order valence-electron chi connectivity index (χ2n) is 14.0. The largest absolute Gasteiger partial charge is 0.494 e. The average Bonchev–Trinajstić information content (AvgIpc) is 3.66. The molecule has 1 radical (unpaired) electrons. The van der Waals surface area contributed by atoms with Crippen molar-refractivity contribution < 1.29 is 9.47 Å². The fourth-order valence-electron chi connectivity index (χ4n) is 7.33. The summed E-state index contributed by atoms with van der Waals surface area (Å²) in [6.07, 6.45) is 14.4. The van der Waals surface area contributed by atoms with E-state index in [1.807, 2.05) is 6.20 Å². The van der Waals surface area contributed by atoms with Crippen molar-refractivity contribution >= 4 is 36.6 Å². The third-order valence-electron chi connectivity index (χ3n) is 10.3. The number of hydrogen-bond acceptors (Lipinski definition) is 3. The molecule has 0 saturated carbocycles. The molecule has 0 saturated heterocycles. The molecule has 1 heterocycles. The first-order valence-electron chi connectivity index (χ1n) is 19.7. The molecule has 0 aliphatic carbocycles. The van der Waals surface area contributed by atoms with Gasteiger partial charge < -0.3 is 14.0 Å². The summed E-state index contributed by atoms with van der Waals surface area (Å²) in [4.78, 5) is 5.00. The number of aromatic nitrogens is 2. The van der Waals surface area contributed by atoms with Gasteiger partial charge in [-0.05, 0) is 69.6 Å². The van der Waals surface area contributed by atoms with Crippen LogP contribution in [0.5, 0.6) is 11.5 Å². The fraction of sp³-hybridized carbons (Fsp3) is 0.298. The van der Waals surface area contributed by atoms with E-state index in [0.29, 0.717) is 0 Å². The third kappa shape index (κ3) is 10.00. The van der Waals surface area contributed by atoms with Crippen LogP contribution in [-0.2, 0) is 6.17 Å². The Bertz CT molecular complexity index is 1800. The van der Waals surface area contributed by atoms with E-state index >= 15 is 0 Å². The summed E-state index contributed by atoms with van der Waals surface area (Å²) in [5, 5.41) is 4.01. The lowest BCUT2D eigenvalue weighted by Gasteiger charge is -2.35. The lowest BCUT2D eigenvalue weighted by Crippen LogP contribution is -2.70. The van der Waals surface area contributed by atoms with Crippen molar-refractivity contribution in [3.63, 3.8) is 0 Å². The van der Waals surface area contributed by atoms with E-state index in [9.17, 15) is 0 Å². The Morgan fingerprint density at radius 1 is 0.547 bits per heavy atom. The van der Waals surface area contributed by atoms with Gasteiger partial charge in [-0.15, -0.1) is 0 Å². The zero-order chi connectivity index (χ0) is 36.6. The van der Waals surface area contributed by atoms with Gasteiger partial charge in [0, 0.05) is 18.6 Å². The van der Waals surface area contributed by atoms with Crippen LogP contribution in [0.25, 0.3) is 0 Å². The van der Waals surface area contributed by atoms with Crippen LogP contribution in [0.3, 0.4) is 0 Å². The van der Waals surface area contributed by atoms with Gasteiger partial charge in [-0.25, -0.2) is 0 Å². The average molecular weight is 718 g/mol. The van der Waals surface area contributed by atoms with Gasteiger partial charge in [0.05, 0.1) is 18.9 Å². The van der Waals surface area contributed by atoms with Crippen molar-refractivity contribution in [2.75, 3.05) is 13.2 Å². The number of rotatable bonds is 21. The van der Waals surface area contributed by atoms with Gasteiger partial charge in [-0.1, -0.05) is 168 Å². The minimum atomic E-state index is -2.72. The summed E-state index contributed by atoms with van der Waals surface area (Å²) in [7, 11) is -0.388. The van der Waals surface area contributed by atoms with E-state index in [1.54, 1.807) is 0 Å². The molecule has 0 N–H and O–H groups in total. The Labute approximate surface area is 319 Å². The molecule has 0 unspecified atom stereocenters. The quantitative estimate of drug-likeness (QED) is 0.0425. The Morgan fingerprint density at radius 3 is 1.47 bits per heavy atom. The smallest absolute Gasteiger partial charge is 0.215 e. The fourth-order valence-corrected chi connectivity index (χ4v) is 11.9. The van der Waals surface area contributed by atoms with Crippen LogP contribution in [0.1, 0.15) is 82.2 Å². The van der Waals surface area contributed by atoms with Gasteiger partial charge in [-0.2, -0.15) is 0 Å². The van der Waals surface area contributed by atoms with E-state index in [-0.39, 0.29) is 5.82 Å². The molecule has 0 aliphatic heterocycles. The Hall–Kier alpha value is -4.81. The summed E-state index contributed by atoms with van der Waals surface area (Å²) in [5.41, 5.74) is 3.46. The van der Waals surface area contributed by atoms with Crippen LogP contribution in [0.4, 0.5) is 0 Å². The Kier molecular flexibility index (Phi) is 14.2. The second kappa shape index (κ2) is 19.9. The van der Waals surface area contributed by atoms with Crippen molar-refractivity contribution in [3.8, 4) is 11.5 Å². The minimum absolute atomic E-state index is 0.0638. The van der Waals surface area contributed by atoms with Crippen LogP contribution in [-0.4, -0.2) is 38.1 Å². The van der Waals surface area contributed by atoms with Gasteiger partial charge in [0.15, 0.2) is 8.07 Å². The molecule has 53 heavy (non-hydrogen) atoms. The molecule has 5 aromatic carbocycles. The maximum absolute atomic E-state index is 6.24. The van der Waals surface area contributed by atoms with Crippen LogP contribution < -0.4 is 30.8 Å². The van der Waals surface area contributed by atoms with E-state index in [4.69, 9.17) is 14.5 Å². The van der Waals surface area contributed by atoms with Crippen molar-refractivity contribution in [3.05, 3.63) is 163 Å². The Balaban J connectivity index is 1.39. The maximum Gasteiger partial charge on any atom is 0.215 e. The van der Waals surface area contributed by atoms with E-state index in [2.05, 4.69) is 171 Å². The van der Waals surface area contributed by atoms with Crippen LogP contribution in [0, 0.1) is 0 Å². The highest BCUT2D eigenvalue weighted by molar-refractivity contribution is 7.10. The molecule has 271 valence electrons. The molecule has 0 bridgehead atoms. The molecular formula is C47H54BN2O2Si. The van der Waals surface area contributed by atoms with E-state index in [1.165, 1.54) is 65.2 Å². The first-order valence-corrected chi connectivity index (χ1v) is 21.9. The number of imidazole rings is 1. The summed E-state index contributed by atoms with van der Waals surface area (Å²) < 4.78 is 14.9.